The summed E-state index contributed by atoms with van der Waals surface area (Å²) < 4.78 is 0. The van der Waals surface area contributed by atoms with Gasteiger partial charge in [0.15, 0.2) is 0 Å². The minimum atomic E-state index is -0.122. The van der Waals surface area contributed by atoms with E-state index in [0.717, 1.165) is 45.0 Å². The maximum absolute atomic E-state index is 9.55. The van der Waals surface area contributed by atoms with Crippen LogP contribution in [0, 0.1) is 45.3 Å². The van der Waals surface area contributed by atoms with E-state index in [0.29, 0.717) is 22.1 Å². The van der Waals surface area contributed by atoms with Crippen molar-refractivity contribution in [3.8, 4) is 46.8 Å². The molecule has 0 saturated heterocycles. The summed E-state index contributed by atoms with van der Waals surface area (Å²) in [5.74, 6) is -0.194. The largest absolute Gasteiger partial charge is 0.248 e. The van der Waals surface area contributed by atoms with E-state index >= 15 is 0 Å². The highest BCUT2D eigenvalue weighted by Gasteiger charge is 2.44. The summed E-state index contributed by atoms with van der Waals surface area (Å²) in [6.07, 6.45) is 6.18. The zero-order chi connectivity index (χ0) is 27.1. The molecule has 2 heterocycles. The molecule has 2 unspecified atom stereocenters. The van der Waals surface area contributed by atoms with Crippen molar-refractivity contribution in [1.29, 1.82) is 21.0 Å². The summed E-state index contributed by atoms with van der Waals surface area (Å²) in [5.41, 5.74) is 10.3. The van der Waals surface area contributed by atoms with Crippen LogP contribution in [0.1, 0.15) is 51.0 Å². The number of benzene rings is 3. The fraction of sp³-hybridized carbons (Fsp3) is 0.0625. The molecule has 0 spiro atoms. The quantitative estimate of drug-likeness (QED) is 0.265. The first-order valence-corrected chi connectivity index (χ1v) is 12.5. The van der Waals surface area contributed by atoms with E-state index in [1.54, 1.807) is 24.3 Å². The Kier molecular flexibility index (Phi) is 4.17. The van der Waals surface area contributed by atoms with Crippen molar-refractivity contribution >= 4 is 27.6 Å². The van der Waals surface area contributed by atoms with E-state index in [2.05, 4.69) is 36.4 Å². The molecule has 40 heavy (non-hydrogen) atoms. The maximum Gasteiger partial charge on any atom is 0.101 e. The van der Waals surface area contributed by atoms with Crippen LogP contribution in [0.2, 0.25) is 0 Å². The molecule has 0 N–H and O–H groups in total. The summed E-state index contributed by atoms with van der Waals surface area (Å²) in [4.78, 5) is 20.0. The second kappa shape index (κ2) is 7.65. The number of nitriles is 4. The van der Waals surface area contributed by atoms with Gasteiger partial charge in [-0.1, -0.05) is 36.4 Å². The molecule has 0 bridgehead atoms. The van der Waals surface area contributed by atoms with Crippen molar-refractivity contribution in [3.63, 3.8) is 0 Å². The lowest BCUT2D eigenvalue weighted by Gasteiger charge is -2.40. The van der Waals surface area contributed by atoms with Gasteiger partial charge in [-0.15, -0.1) is 0 Å². The van der Waals surface area contributed by atoms with Crippen molar-refractivity contribution in [1.82, 2.24) is 19.9 Å². The molecule has 2 aromatic heterocycles. The highest BCUT2D eigenvalue weighted by Crippen LogP contribution is 2.59. The summed E-state index contributed by atoms with van der Waals surface area (Å²) in [6.45, 7) is 0. The van der Waals surface area contributed by atoms with Crippen LogP contribution in [-0.4, -0.2) is 19.9 Å². The molecule has 8 heteroatoms. The van der Waals surface area contributed by atoms with Gasteiger partial charge in [-0.25, -0.2) is 19.9 Å². The first-order valence-electron chi connectivity index (χ1n) is 12.5. The first-order chi connectivity index (χ1) is 19.6. The van der Waals surface area contributed by atoms with Crippen LogP contribution < -0.4 is 0 Å². The van der Waals surface area contributed by atoms with Gasteiger partial charge < -0.3 is 0 Å². The molecule has 0 radical (unpaired) electrons. The number of hydrogen-bond acceptors (Lipinski definition) is 8. The smallest absolute Gasteiger partial charge is 0.101 e. The minimum Gasteiger partial charge on any atom is -0.248 e. The van der Waals surface area contributed by atoms with Gasteiger partial charge in [0, 0.05) is 23.0 Å². The average Bonchev–Trinajstić information content (AvgIpc) is 3.01. The van der Waals surface area contributed by atoms with E-state index in [-0.39, 0.29) is 34.1 Å². The SMILES string of the molecule is N#Cc1cc2nc3c(nc2cc1C#N)-c1cccc2c1C1C3=CC=CC1c1nc3cc(C#N)c(C#N)cc3nc1-2. The zero-order valence-corrected chi connectivity index (χ0v) is 20.5. The number of aromatic nitrogens is 4. The molecule has 3 aliphatic rings. The Morgan fingerprint density at radius 1 is 0.600 bits per heavy atom. The highest BCUT2D eigenvalue weighted by atomic mass is 14.9. The van der Waals surface area contributed by atoms with E-state index in [9.17, 15) is 21.0 Å². The number of rotatable bonds is 0. The Morgan fingerprint density at radius 2 is 1.10 bits per heavy atom. The lowest BCUT2D eigenvalue weighted by atomic mass is 9.64. The Hall–Kier alpha value is -6.22. The van der Waals surface area contributed by atoms with Crippen LogP contribution in [0.3, 0.4) is 0 Å². The third kappa shape index (κ3) is 2.69. The molecule has 3 aromatic carbocycles. The predicted octanol–water partition coefficient (Wildman–Crippen LogP) is 5.54. The zero-order valence-electron chi connectivity index (χ0n) is 20.5. The molecule has 0 fully saturated rings. The fourth-order valence-electron chi connectivity index (χ4n) is 6.22. The normalized spacial score (nSPS) is 16.9. The topological polar surface area (TPSA) is 147 Å². The van der Waals surface area contributed by atoms with Crippen LogP contribution >= 0.6 is 0 Å². The molecule has 5 aromatic rings. The maximum atomic E-state index is 9.55. The van der Waals surface area contributed by atoms with Crippen LogP contribution in [0.25, 0.3) is 50.2 Å². The van der Waals surface area contributed by atoms with Gasteiger partial charge in [0.2, 0.25) is 0 Å². The predicted molar refractivity (Wildman–Crippen MR) is 145 cm³/mol. The summed E-state index contributed by atoms with van der Waals surface area (Å²) in [7, 11) is 0. The van der Waals surface area contributed by atoms with Crippen LogP contribution in [-0.2, 0) is 0 Å². The van der Waals surface area contributed by atoms with Gasteiger partial charge in [-0.3, -0.25) is 0 Å². The lowest BCUT2D eigenvalue weighted by molar-refractivity contribution is 0.704. The molecule has 0 aliphatic heterocycles. The molecule has 0 amide bonds. The van der Waals surface area contributed by atoms with Crippen molar-refractivity contribution in [2.24, 2.45) is 0 Å². The van der Waals surface area contributed by atoms with Crippen LogP contribution in [0.5, 0.6) is 0 Å². The van der Waals surface area contributed by atoms with Crippen molar-refractivity contribution < 1.29 is 0 Å². The highest BCUT2D eigenvalue weighted by molar-refractivity contribution is 5.98. The molecular weight excluding hydrogens is 496 g/mol. The third-order valence-electron chi connectivity index (χ3n) is 7.92. The Labute approximate surface area is 227 Å². The van der Waals surface area contributed by atoms with Gasteiger partial charge in [0.1, 0.15) is 24.3 Å². The number of fused-ring (bicyclic) bond motifs is 8. The van der Waals surface area contributed by atoms with E-state index in [1.807, 2.05) is 24.3 Å². The number of hydrogen-bond donors (Lipinski definition) is 0. The van der Waals surface area contributed by atoms with Gasteiger partial charge in [-0.05, 0) is 35.4 Å². The third-order valence-corrected chi connectivity index (χ3v) is 7.92. The summed E-state index contributed by atoms with van der Waals surface area (Å²) in [6, 6.07) is 20.9. The van der Waals surface area contributed by atoms with Crippen molar-refractivity contribution in [2.75, 3.05) is 0 Å². The number of allylic oxidation sites excluding steroid dienone is 4. The summed E-state index contributed by atoms with van der Waals surface area (Å²) in [5, 5.41) is 38.2. The minimum absolute atomic E-state index is 0.0719. The average molecular weight is 509 g/mol. The second-order valence-corrected chi connectivity index (χ2v) is 9.88. The molecule has 3 aliphatic carbocycles. The first kappa shape index (κ1) is 21.8. The monoisotopic (exact) mass is 508 g/mol. The second-order valence-electron chi connectivity index (χ2n) is 9.88. The van der Waals surface area contributed by atoms with E-state index < -0.39 is 0 Å². The van der Waals surface area contributed by atoms with Gasteiger partial charge in [-0.2, -0.15) is 21.0 Å². The molecule has 180 valence electrons. The molecule has 2 atom stereocenters. The molecule has 8 nitrogen and oxygen atoms in total. The van der Waals surface area contributed by atoms with Crippen molar-refractivity contribution in [2.45, 2.75) is 11.8 Å². The van der Waals surface area contributed by atoms with Crippen LogP contribution in [0.4, 0.5) is 0 Å². The molecule has 0 saturated carbocycles. The van der Waals surface area contributed by atoms with Gasteiger partial charge in [0.05, 0.1) is 67.1 Å². The summed E-state index contributed by atoms with van der Waals surface area (Å²) >= 11 is 0. The molecular formula is C32H12N8. The van der Waals surface area contributed by atoms with E-state index in [4.69, 9.17) is 19.9 Å². The lowest BCUT2D eigenvalue weighted by Crippen LogP contribution is -2.26. The number of nitrogens with zero attached hydrogens (tertiary/aromatic N) is 8. The Balaban J connectivity index is 1.45. The Bertz CT molecular complexity index is 2270. The standard InChI is InChI=1S/C32H12N8/c33-11-15-7-23-25(9-17(15)13-35)39-31-21-5-2-6-22-28(21)27-19(29(31)37-23)3-1-4-20(27)30-32(22)40-26-10-18(14-36)16(12-34)8-24(26)38-30/h1-10,19,27H. The van der Waals surface area contributed by atoms with Crippen molar-refractivity contribution in [3.05, 3.63) is 99.9 Å². The Morgan fingerprint density at radius 3 is 1.68 bits per heavy atom. The van der Waals surface area contributed by atoms with Gasteiger partial charge >= 0.3 is 0 Å². The van der Waals surface area contributed by atoms with E-state index in [1.165, 1.54) is 0 Å². The molecule has 8 rings (SSSR count). The fourth-order valence-corrected chi connectivity index (χ4v) is 6.22. The van der Waals surface area contributed by atoms with Gasteiger partial charge in [0.25, 0.3) is 0 Å². The van der Waals surface area contributed by atoms with Crippen LogP contribution in [0.15, 0.2) is 60.7 Å².